The van der Waals surface area contributed by atoms with Crippen LogP contribution < -0.4 is 0 Å². The lowest BCUT2D eigenvalue weighted by Gasteiger charge is -2.30. The number of carbonyl (C=O) groups is 1. The van der Waals surface area contributed by atoms with Gasteiger partial charge in [0.25, 0.3) is 0 Å². The first-order valence-electron chi connectivity index (χ1n) is 6.07. The molecule has 1 atom stereocenters. The average molecular weight is 233 g/mol. The van der Waals surface area contributed by atoms with Crippen molar-refractivity contribution in [1.82, 2.24) is 4.90 Å². The largest absolute Gasteiger partial charge is 0.469 e. The number of hydrogen-bond donors (Lipinski definition) is 0. The van der Waals surface area contributed by atoms with E-state index >= 15 is 0 Å². The van der Waals surface area contributed by atoms with Crippen molar-refractivity contribution >= 4 is 5.97 Å². The summed E-state index contributed by atoms with van der Waals surface area (Å²) < 4.78 is 4.76. The van der Waals surface area contributed by atoms with Crippen LogP contribution in [0.25, 0.3) is 0 Å². The molecule has 0 radical (unpaired) electrons. The van der Waals surface area contributed by atoms with Gasteiger partial charge in [0.2, 0.25) is 0 Å². The number of carbonyl (C=O) groups excluding carboxylic acids is 1. The van der Waals surface area contributed by atoms with Crippen LogP contribution in [0.4, 0.5) is 0 Å². The van der Waals surface area contributed by atoms with E-state index in [1.165, 1.54) is 18.2 Å². The minimum Gasteiger partial charge on any atom is -0.469 e. The van der Waals surface area contributed by atoms with Gasteiger partial charge < -0.3 is 4.74 Å². The number of methoxy groups -OCH3 is 1. The first-order valence-corrected chi connectivity index (χ1v) is 6.07. The lowest BCUT2D eigenvalue weighted by molar-refractivity contribution is -0.145. The van der Waals surface area contributed by atoms with Crippen LogP contribution in [0.1, 0.15) is 18.1 Å². The van der Waals surface area contributed by atoms with Crippen LogP contribution in [-0.4, -0.2) is 31.1 Å². The number of benzene rings is 1. The Morgan fingerprint density at radius 1 is 1.41 bits per heavy atom. The second kappa shape index (κ2) is 5.32. The molecule has 1 unspecified atom stereocenters. The van der Waals surface area contributed by atoms with Gasteiger partial charge in [0.05, 0.1) is 13.0 Å². The maximum atomic E-state index is 11.4. The summed E-state index contributed by atoms with van der Waals surface area (Å²) in [6, 6.07) is 8.53. The van der Waals surface area contributed by atoms with Crippen molar-refractivity contribution in [2.45, 2.75) is 19.9 Å². The molecule has 0 amide bonds. The fourth-order valence-corrected chi connectivity index (χ4v) is 2.37. The van der Waals surface area contributed by atoms with Crippen molar-refractivity contribution in [2.24, 2.45) is 5.92 Å². The average Bonchev–Trinajstić information content (AvgIpc) is 2.37. The van der Waals surface area contributed by atoms with E-state index in [1.54, 1.807) is 0 Å². The fraction of sp³-hybridized carbons (Fsp3) is 0.500. The minimum atomic E-state index is -0.121. The van der Waals surface area contributed by atoms with Gasteiger partial charge in [-0.15, -0.1) is 0 Å². The second-order valence-corrected chi connectivity index (χ2v) is 4.68. The number of esters is 1. The molecular formula is C14H19NO2. The predicted octanol–water partition coefficient (Wildman–Crippen LogP) is 1.85. The number of nitrogens with zero attached hydrogens (tertiary/aromatic N) is 1. The first-order chi connectivity index (χ1) is 8.20. The Balaban J connectivity index is 1.96. The molecule has 1 heterocycles. The van der Waals surface area contributed by atoms with E-state index in [1.807, 2.05) is 6.92 Å². The van der Waals surface area contributed by atoms with Crippen LogP contribution in [0, 0.1) is 5.92 Å². The summed E-state index contributed by atoms with van der Waals surface area (Å²) in [5.74, 6) is -0.172. The molecule has 1 aromatic rings. The molecule has 17 heavy (non-hydrogen) atoms. The van der Waals surface area contributed by atoms with Gasteiger partial charge in [-0.05, 0) is 17.5 Å². The predicted molar refractivity (Wildman–Crippen MR) is 66.6 cm³/mol. The van der Waals surface area contributed by atoms with Crippen molar-refractivity contribution < 1.29 is 9.53 Å². The molecule has 0 saturated carbocycles. The van der Waals surface area contributed by atoms with E-state index in [4.69, 9.17) is 4.74 Å². The summed E-state index contributed by atoms with van der Waals surface area (Å²) in [6.07, 6.45) is 1.07. The van der Waals surface area contributed by atoms with Gasteiger partial charge in [0, 0.05) is 19.6 Å². The standard InChI is InChI=1S/C14H19NO2/c1-11(14(16)17-2)9-15-8-7-12-5-3-4-6-13(12)10-15/h3-6,11H,7-10H2,1-2H3. The summed E-state index contributed by atoms with van der Waals surface area (Å²) in [5.41, 5.74) is 2.82. The third-order valence-electron chi connectivity index (χ3n) is 3.35. The molecule has 1 aliphatic heterocycles. The van der Waals surface area contributed by atoms with Gasteiger partial charge in [0.15, 0.2) is 0 Å². The van der Waals surface area contributed by atoms with Gasteiger partial charge in [0.1, 0.15) is 0 Å². The molecule has 0 aromatic heterocycles. The van der Waals surface area contributed by atoms with Crippen molar-refractivity contribution in [3.8, 4) is 0 Å². The number of ether oxygens (including phenoxy) is 1. The van der Waals surface area contributed by atoms with E-state index in [0.29, 0.717) is 0 Å². The molecule has 0 spiro atoms. The van der Waals surface area contributed by atoms with Crippen LogP contribution in [0.15, 0.2) is 24.3 Å². The van der Waals surface area contributed by atoms with Crippen LogP contribution in [0.2, 0.25) is 0 Å². The van der Waals surface area contributed by atoms with Gasteiger partial charge in [-0.1, -0.05) is 31.2 Å². The maximum absolute atomic E-state index is 11.4. The lowest BCUT2D eigenvalue weighted by Crippen LogP contribution is -2.36. The SMILES string of the molecule is COC(=O)C(C)CN1CCc2ccccc2C1. The third kappa shape index (κ3) is 2.86. The molecule has 0 aliphatic carbocycles. The van der Waals surface area contributed by atoms with Crippen molar-refractivity contribution in [1.29, 1.82) is 0 Å². The Kier molecular flexibility index (Phi) is 3.79. The summed E-state index contributed by atoms with van der Waals surface area (Å²) >= 11 is 0. The zero-order valence-electron chi connectivity index (χ0n) is 10.5. The topological polar surface area (TPSA) is 29.5 Å². The Bertz CT molecular complexity index is 403. The van der Waals surface area contributed by atoms with Crippen LogP contribution in [0.5, 0.6) is 0 Å². The molecule has 1 aliphatic rings. The quantitative estimate of drug-likeness (QED) is 0.746. The molecular weight excluding hydrogens is 214 g/mol. The third-order valence-corrected chi connectivity index (χ3v) is 3.35. The molecule has 3 nitrogen and oxygen atoms in total. The molecule has 0 N–H and O–H groups in total. The van der Waals surface area contributed by atoms with Crippen molar-refractivity contribution in [3.05, 3.63) is 35.4 Å². The Morgan fingerprint density at radius 3 is 2.82 bits per heavy atom. The number of rotatable bonds is 3. The van der Waals surface area contributed by atoms with E-state index in [0.717, 1.165) is 26.1 Å². The zero-order valence-corrected chi connectivity index (χ0v) is 10.5. The van der Waals surface area contributed by atoms with Gasteiger partial charge in [-0.3, -0.25) is 9.69 Å². The molecule has 92 valence electrons. The molecule has 3 heteroatoms. The highest BCUT2D eigenvalue weighted by Gasteiger charge is 2.21. The first kappa shape index (κ1) is 12.1. The van der Waals surface area contributed by atoms with Gasteiger partial charge >= 0.3 is 5.97 Å². The number of hydrogen-bond acceptors (Lipinski definition) is 3. The Morgan fingerprint density at radius 2 is 2.12 bits per heavy atom. The summed E-state index contributed by atoms with van der Waals surface area (Å²) in [7, 11) is 1.45. The lowest BCUT2D eigenvalue weighted by atomic mass is 9.99. The normalized spacial score (nSPS) is 17.3. The van der Waals surface area contributed by atoms with E-state index in [9.17, 15) is 4.79 Å². The maximum Gasteiger partial charge on any atom is 0.309 e. The smallest absolute Gasteiger partial charge is 0.309 e. The van der Waals surface area contributed by atoms with Crippen molar-refractivity contribution in [3.63, 3.8) is 0 Å². The van der Waals surface area contributed by atoms with Crippen LogP contribution in [0.3, 0.4) is 0 Å². The Labute approximate surface area is 102 Å². The Hall–Kier alpha value is -1.35. The molecule has 0 saturated heterocycles. The van der Waals surface area contributed by atoms with Gasteiger partial charge in [-0.25, -0.2) is 0 Å². The van der Waals surface area contributed by atoms with Gasteiger partial charge in [-0.2, -0.15) is 0 Å². The highest BCUT2D eigenvalue weighted by atomic mass is 16.5. The summed E-state index contributed by atoms with van der Waals surface area (Å²) in [5, 5.41) is 0. The second-order valence-electron chi connectivity index (χ2n) is 4.68. The molecule has 1 aromatic carbocycles. The highest BCUT2D eigenvalue weighted by Crippen LogP contribution is 2.19. The molecule has 0 bridgehead atoms. The van der Waals surface area contributed by atoms with E-state index in [2.05, 4.69) is 29.2 Å². The summed E-state index contributed by atoms with van der Waals surface area (Å²) in [4.78, 5) is 13.7. The van der Waals surface area contributed by atoms with Crippen LogP contribution in [-0.2, 0) is 22.5 Å². The zero-order chi connectivity index (χ0) is 12.3. The summed E-state index contributed by atoms with van der Waals surface area (Å²) in [6.45, 7) is 4.67. The number of fused-ring (bicyclic) bond motifs is 1. The fourth-order valence-electron chi connectivity index (χ4n) is 2.37. The highest BCUT2D eigenvalue weighted by molar-refractivity contribution is 5.72. The molecule has 0 fully saturated rings. The monoisotopic (exact) mass is 233 g/mol. The van der Waals surface area contributed by atoms with Crippen molar-refractivity contribution in [2.75, 3.05) is 20.2 Å². The van der Waals surface area contributed by atoms with E-state index < -0.39 is 0 Å². The molecule has 2 rings (SSSR count). The van der Waals surface area contributed by atoms with E-state index in [-0.39, 0.29) is 11.9 Å². The minimum absolute atomic E-state index is 0.0507. The van der Waals surface area contributed by atoms with Crippen LogP contribution >= 0.6 is 0 Å².